The summed E-state index contributed by atoms with van der Waals surface area (Å²) in [7, 11) is 4.07. The SMILES string of the molecule is C1CCOC1.C1CCOC1.COC(=O)c1ccc(C)nc1.COC(=O)c1ccc(CBr)nc1.COC(=O)c1ccc(CN2CCCC2)nc1.ClC(Cl)(Cl)Cl.O=Cc1ccc(CN2CCCC2)nc1.OCc1ccc(CN2CCCC2)nc1.[AlH3].[H-].[Li+].[O]=[Mn]=[O]. The number of nitrogens with zero attached hydrogens (tertiary/aromatic N) is 8. The molecule has 5 fully saturated rings. The van der Waals surface area contributed by atoms with Crippen molar-refractivity contribution in [3.63, 3.8) is 0 Å². The molecule has 477 valence electrons. The predicted molar refractivity (Wildman–Crippen MR) is 336 cm³/mol. The van der Waals surface area contributed by atoms with E-state index in [-0.39, 0.29) is 62.2 Å². The van der Waals surface area contributed by atoms with E-state index in [9.17, 15) is 19.2 Å². The zero-order chi connectivity index (χ0) is 62.5. The molecule has 0 radical (unpaired) electrons. The fourth-order valence-corrected chi connectivity index (χ4v) is 8.31. The van der Waals surface area contributed by atoms with Gasteiger partial charge in [0.15, 0.2) is 23.6 Å². The van der Waals surface area contributed by atoms with Gasteiger partial charge in [0.1, 0.15) is 0 Å². The number of methoxy groups -OCH3 is 3. The number of aliphatic hydroxyl groups excluding tert-OH is 1. The summed E-state index contributed by atoms with van der Waals surface area (Å²) >= 11 is 21.1. The van der Waals surface area contributed by atoms with Gasteiger partial charge < -0.3 is 30.2 Å². The van der Waals surface area contributed by atoms with Crippen molar-refractivity contribution in [2.75, 3.05) is 87.0 Å². The monoisotopic (exact) mass is 1400 g/mol. The maximum atomic E-state index is 11.2. The number of pyridine rings is 5. The average Bonchev–Trinajstić information content (AvgIpc) is 4.50. The van der Waals surface area contributed by atoms with Gasteiger partial charge in [0.2, 0.25) is 0 Å². The fourth-order valence-electron chi connectivity index (χ4n) is 7.98. The number of aldehydes is 1. The van der Waals surface area contributed by atoms with E-state index in [1.807, 2.05) is 37.3 Å². The third kappa shape index (κ3) is 41.5. The second-order valence-electron chi connectivity index (χ2n) is 19.0. The molecule has 0 aromatic carbocycles. The molecule has 20 nitrogen and oxygen atoms in total. The Labute approximate surface area is 570 Å². The molecule has 5 aromatic rings. The number of ether oxygens (including phenoxy) is 5. The number of alkyl halides is 5. The van der Waals surface area contributed by atoms with Gasteiger partial charge in [0.25, 0.3) is 3.25 Å². The summed E-state index contributed by atoms with van der Waals surface area (Å²) in [4.78, 5) is 71.4. The van der Waals surface area contributed by atoms with E-state index in [0.29, 0.717) is 27.6 Å². The third-order valence-corrected chi connectivity index (χ3v) is 13.0. The van der Waals surface area contributed by atoms with Gasteiger partial charge in [-0.2, -0.15) is 0 Å². The van der Waals surface area contributed by atoms with Crippen molar-refractivity contribution in [3.05, 3.63) is 148 Å². The van der Waals surface area contributed by atoms with Crippen molar-refractivity contribution in [1.29, 1.82) is 0 Å². The molecular weight excluding hydrogens is 1320 g/mol. The first-order valence-corrected chi connectivity index (χ1v) is 31.1. The van der Waals surface area contributed by atoms with Gasteiger partial charge in [-0.05, 0) is 171 Å². The first-order valence-electron chi connectivity index (χ1n) is 27.5. The Morgan fingerprint density at radius 1 is 0.563 bits per heavy atom. The van der Waals surface area contributed by atoms with Crippen molar-refractivity contribution < 1.29 is 90.7 Å². The molecule has 5 aliphatic rings. The van der Waals surface area contributed by atoms with Crippen LogP contribution in [0.15, 0.2) is 91.6 Å². The summed E-state index contributed by atoms with van der Waals surface area (Å²) in [5.74, 6) is -1.04. The fraction of sp³-hybridized carbons (Fsp3) is 0.508. The quantitative estimate of drug-likeness (QED) is 0.0439. The van der Waals surface area contributed by atoms with Crippen molar-refractivity contribution in [1.82, 2.24) is 39.6 Å². The molecule has 10 heterocycles. The molecule has 0 atom stereocenters. The summed E-state index contributed by atoms with van der Waals surface area (Å²) in [6.45, 7) is 15.7. The molecule has 87 heavy (non-hydrogen) atoms. The summed E-state index contributed by atoms with van der Waals surface area (Å²) in [6, 6.07) is 18.3. The van der Waals surface area contributed by atoms with E-state index in [4.69, 9.17) is 68.7 Å². The van der Waals surface area contributed by atoms with Gasteiger partial charge in [-0.25, -0.2) is 14.4 Å². The van der Waals surface area contributed by atoms with E-state index in [1.165, 1.54) is 124 Å². The number of carbonyl (C=O) groups excluding carboxylic acids is 4. The minimum absolute atomic E-state index is 0. The van der Waals surface area contributed by atoms with Gasteiger partial charge >= 0.3 is 59.3 Å². The van der Waals surface area contributed by atoms with Crippen LogP contribution >= 0.6 is 62.3 Å². The zero-order valence-electron chi connectivity index (χ0n) is 50.7. The van der Waals surface area contributed by atoms with Crippen LogP contribution in [-0.2, 0) is 77.7 Å². The Bertz CT molecular complexity index is 2600. The summed E-state index contributed by atoms with van der Waals surface area (Å²) in [5.41, 5.74) is 7.94. The van der Waals surface area contributed by atoms with E-state index >= 15 is 0 Å². The molecule has 0 spiro atoms. The van der Waals surface area contributed by atoms with Crippen LogP contribution in [0.3, 0.4) is 0 Å². The Kier molecular flexibility index (Phi) is 50.0. The molecule has 5 aliphatic heterocycles. The second kappa shape index (κ2) is 52.1. The number of hydrogen-bond acceptors (Lipinski definition) is 20. The van der Waals surface area contributed by atoms with Gasteiger partial charge in [-0.1, -0.05) is 68.4 Å². The van der Waals surface area contributed by atoms with Gasteiger partial charge in [0.05, 0.1) is 67.4 Å². The predicted octanol–water partition coefficient (Wildman–Crippen LogP) is 6.90. The molecule has 0 aliphatic carbocycles. The Morgan fingerprint density at radius 3 is 1.13 bits per heavy atom. The molecular formula is C59H83AlBrCl4LiMnN8O12. The molecule has 28 heteroatoms. The number of likely N-dealkylation sites (tertiary alicyclic amines) is 3. The van der Waals surface area contributed by atoms with E-state index in [0.717, 1.165) is 99.5 Å². The van der Waals surface area contributed by atoms with Crippen LogP contribution in [0.2, 0.25) is 0 Å². The van der Waals surface area contributed by atoms with Crippen LogP contribution in [0.4, 0.5) is 0 Å². The number of rotatable bonds is 12. The number of hydrogen-bond donors (Lipinski definition) is 1. The molecule has 5 aromatic heterocycles. The maximum absolute atomic E-state index is 11.2. The summed E-state index contributed by atoms with van der Waals surface area (Å²) in [5, 5.41) is 9.55. The number of aromatic nitrogens is 5. The Hall–Kier alpha value is -3.52. The number of halogens is 5. The molecule has 0 unspecified atom stereocenters. The summed E-state index contributed by atoms with van der Waals surface area (Å²) < 4.78 is 38.7. The molecule has 10 rings (SSSR count). The van der Waals surface area contributed by atoms with E-state index < -0.39 is 18.1 Å². The Balaban J connectivity index is 0. The Morgan fingerprint density at radius 2 is 0.885 bits per heavy atom. The van der Waals surface area contributed by atoms with Crippen LogP contribution in [0.5, 0.6) is 0 Å². The molecule has 5 saturated heterocycles. The number of esters is 3. The van der Waals surface area contributed by atoms with Crippen molar-refractivity contribution in [2.45, 2.75) is 106 Å². The van der Waals surface area contributed by atoms with Crippen molar-refractivity contribution >= 4 is 104 Å². The van der Waals surface area contributed by atoms with Gasteiger partial charge in [0, 0.05) is 93.6 Å². The van der Waals surface area contributed by atoms with Crippen LogP contribution in [-0.4, -0.2) is 177 Å². The molecule has 0 amide bonds. The topological polar surface area (TPSA) is 243 Å². The first-order chi connectivity index (χ1) is 41.0. The van der Waals surface area contributed by atoms with Crippen LogP contribution in [0.1, 0.15) is 141 Å². The average molecular weight is 1410 g/mol. The molecule has 0 saturated carbocycles. The minimum atomic E-state index is -1.61. The number of carbonyl (C=O) groups is 4. The van der Waals surface area contributed by atoms with Crippen LogP contribution < -0.4 is 18.9 Å². The second-order valence-corrected chi connectivity index (χ2v) is 23.2. The van der Waals surface area contributed by atoms with Crippen LogP contribution in [0.25, 0.3) is 0 Å². The summed E-state index contributed by atoms with van der Waals surface area (Å²) in [6.07, 6.45) is 21.7. The van der Waals surface area contributed by atoms with Gasteiger partial charge in [-0.3, -0.25) is 44.4 Å². The number of aliphatic hydroxyl groups is 1. The molecule has 1 N–H and O–H groups in total. The van der Waals surface area contributed by atoms with Crippen molar-refractivity contribution in [2.24, 2.45) is 0 Å². The van der Waals surface area contributed by atoms with Crippen molar-refractivity contribution in [3.8, 4) is 0 Å². The standard InChI is InChI=1S/C12H16N2O2.C11H16N2O.C11H14N2O.C8H8BrNO2.C8H9NO2.2C4H8O.CCl4.Al.Li.Mn.2O.4H/c1-16-12(15)10-4-5-11(13-8-10)9-14-6-2-3-7-14;2*14-9-10-3-4-11(12-7-10)8-13-5-1-2-6-13;1-12-8(11)6-2-3-7(4-9)10-5-6;1-6-3-4-7(5-9-6)8(10)11-2;2*1-2-4-5-3-1;2-1(3,4)5;;;;;;;;;/h4-5,8H,2-3,6-7,9H2,1H3;3-4,7,14H,1-2,5-6,8-9H2;3-4,7,9H,1-2,5-6,8H2;2-3,5H,4H2,1H3;3-5H,1-2H3;2*1-4H2;;;;;;;;;;/q;;;;;;;;;+1;;;;;;;-1. The third-order valence-electron chi connectivity index (χ3n) is 12.4. The van der Waals surface area contributed by atoms with Gasteiger partial charge in [-0.15, -0.1) is 0 Å². The van der Waals surface area contributed by atoms with E-state index in [2.05, 4.69) is 69.8 Å². The zero-order valence-corrected chi connectivity index (χ0v) is 55.5. The van der Waals surface area contributed by atoms with E-state index in [1.54, 1.807) is 48.9 Å². The van der Waals surface area contributed by atoms with Crippen LogP contribution in [0, 0.1) is 6.92 Å². The number of aryl methyl sites for hydroxylation is 1. The normalized spacial score (nSPS) is 14.6. The first kappa shape index (κ1) is 83.5. The molecule has 0 bridgehead atoms.